The Hall–Kier alpha value is -0.910. The van der Waals surface area contributed by atoms with E-state index in [2.05, 4.69) is 17.3 Å². The molecule has 1 amide bonds. The molecule has 0 radical (unpaired) electrons. The predicted molar refractivity (Wildman–Crippen MR) is 80.1 cm³/mol. The Morgan fingerprint density at radius 2 is 2.16 bits per heavy atom. The van der Waals surface area contributed by atoms with Crippen LogP contribution in [-0.2, 0) is 4.74 Å². The Morgan fingerprint density at radius 3 is 2.74 bits per heavy atom. The summed E-state index contributed by atoms with van der Waals surface area (Å²) in [5, 5.41) is 2.96. The van der Waals surface area contributed by atoms with Crippen molar-refractivity contribution in [3.05, 3.63) is 21.4 Å². The molecule has 5 heteroatoms. The summed E-state index contributed by atoms with van der Waals surface area (Å²) in [7, 11) is 3.77. The van der Waals surface area contributed by atoms with E-state index in [4.69, 9.17) is 4.74 Å². The van der Waals surface area contributed by atoms with E-state index in [-0.39, 0.29) is 5.91 Å². The molecule has 1 rings (SSSR count). The van der Waals surface area contributed by atoms with Crippen molar-refractivity contribution in [2.45, 2.75) is 20.3 Å². The van der Waals surface area contributed by atoms with E-state index in [9.17, 15) is 4.79 Å². The molecule has 0 saturated heterocycles. The molecule has 0 fully saturated rings. The SMILES string of the molecule is COCCN(C)CCCNC(=O)c1cc(C)c(C)s1. The van der Waals surface area contributed by atoms with Crippen molar-refractivity contribution in [1.29, 1.82) is 0 Å². The Bertz CT molecular complexity index is 385. The van der Waals surface area contributed by atoms with Crippen molar-refractivity contribution in [3.8, 4) is 0 Å². The number of nitrogens with one attached hydrogen (secondary N) is 1. The van der Waals surface area contributed by atoms with Crippen LogP contribution in [0.1, 0.15) is 26.5 Å². The van der Waals surface area contributed by atoms with Crippen molar-refractivity contribution in [1.82, 2.24) is 10.2 Å². The van der Waals surface area contributed by atoms with Crippen LogP contribution in [0.4, 0.5) is 0 Å². The van der Waals surface area contributed by atoms with Crippen molar-refractivity contribution in [3.63, 3.8) is 0 Å². The lowest BCUT2D eigenvalue weighted by Gasteiger charge is -2.15. The van der Waals surface area contributed by atoms with Crippen molar-refractivity contribution in [2.75, 3.05) is 40.4 Å². The first kappa shape index (κ1) is 16.1. The Kier molecular flexibility index (Phi) is 7.05. The quantitative estimate of drug-likeness (QED) is 0.743. The molecule has 108 valence electrons. The average Bonchev–Trinajstić information content (AvgIpc) is 2.72. The highest BCUT2D eigenvalue weighted by Gasteiger charge is 2.09. The third-order valence-electron chi connectivity index (χ3n) is 3.07. The van der Waals surface area contributed by atoms with Crippen LogP contribution in [0.25, 0.3) is 0 Å². The van der Waals surface area contributed by atoms with Gasteiger partial charge in [-0.1, -0.05) is 0 Å². The summed E-state index contributed by atoms with van der Waals surface area (Å²) in [6.45, 7) is 7.43. The Morgan fingerprint density at radius 1 is 1.42 bits per heavy atom. The number of thiophene rings is 1. The van der Waals surface area contributed by atoms with Gasteiger partial charge < -0.3 is 15.0 Å². The van der Waals surface area contributed by atoms with E-state index in [1.807, 2.05) is 19.9 Å². The molecular formula is C14H24N2O2S. The smallest absolute Gasteiger partial charge is 0.261 e. The number of carbonyl (C=O) groups is 1. The summed E-state index contributed by atoms with van der Waals surface area (Å²) in [5.74, 6) is 0.0424. The monoisotopic (exact) mass is 284 g/mol. The van der Waals surface area contributed by atoms with Crippen LogP contribution in [0.15, 0.2) is 6.07 Å². The first-order valence-electron chi connectivity index (χ1n) is 6.57. The van der Waals surface area contributed by atoms with Gasteiger partial charge in [-0.2, -0.15) is 0 Å². The molecule has 0 aliphatic rings. The molecule has 1 N–H and O–H groups in total. The van der Waals surface area contributed by atoms with E-state index in [0.29, 0.717) is 6.54 Å². The zero-order chi connectivity index (χ0) is 14.3. The molecule has 0 saturated carbocycles. The van der Waals surface area contributed by atoms with E-state index < -0.39 is 0 Å². The predicted octanol–water partition coefficient (Wildman–Crippen LogP) is 2.06. The number of ether oxygens (including phenoxy) is 1. The second kappa shape index (κ2) is 8.30. The summed E-state index contributed by atoms with van der Waals surface area (Å²) in [6, 6.07) is 1.96. The standard InChI is InChI=1S/C14H24N2O2S/c1-11-10-13(19-12(11)2)14(17)15-6-5-7-16(3)8-9-18-4/h10H,5-9H2,1-4H3,(H,15,17). The molecule has 0 aromatic carbocycles. The molecule has 1 aromatic rings. The minimum Gasteiger partial charge on any atom is -0.383 e. The van der Waals surface area contributed by atoms with Gasteiger partial charge in [0.1, 0.15) is 0 Å². The van der Waals surface area contributed by atoms with E-state index in [1.54, 1.807) is 18.4 Å². The van der Waals surface area contributed by atoms with Gasteiger partial charge in [-0.05, 0) is 45.5 Å². The zero-order valence-electron chi connectivity index (χ0n) is 12.3. The molecule has 1 heterocycles. The van der Waals surface area contributed by atoms with Gasteiger partial charge in [0, 0.05) is 25.1 Å². The highest BCUT2D eigenvalue weighted by molar-refractivity contribution is 7.14. The van der Waals surface area contributed by atoms with Crippen molar-refractivity contribution < 1.29 is 9.53 Å². The minimum absolute atomic E-state index is 0.0424. The van der Waals surface area contributed by atoms with Crippen LogP contribution in [0, 0.1) is 13.8 Å². The topological polar surface area (TPSA) is 41.6 Å². The minimum atomic E-state index is 0.0424. The molecule has 0 aliphatic carbocycles. The van der Waals surface area contributed by atoms with Crippen molar-refractivity contribution >= 4 is 17.2 Å². The largest absolute Gasteiger partial charge is 0.383 e. The van der Waals surface area contributed by atoms with Gasteiger partial charge in [0.25, 0.3) is 5.91 Å². The molecule has 19 heavy (non-hydrogen) atoms. The van der Waals surface area contributed by atoms with Crippen LogP contribution in [0.5, 0.6) is 0 Å². The second-order valence-corrected chi connectivity index (χ2v) is 6.01. The second-order valence-electron chi connectivity index (χ2n) is 4.76. The first-order valence-corrected chi connectivity index (χ1v) is 7.39. The van der Waals surface area contributed by atoms with Crippen LogP contribution >= 0.6 is 11.3 Å². The Balaban J connectivity index is 2.20. The maximum absolute atomic E-state index is 11.9. The molecule has 1 aromatic heterocycles. The highest BCUT2D eigenvalue weighted by Crippen LogP contribution is 2.20. The van der Waals surface area contributed by atoms with Gasteiger partial charge in [-0.3, -0.25) is 4.79 Å². The number of amides is 1. The molecule has 0 bridgehead atoms. The molecule has 0 atom stereocenters. The fourth-order valence-electron chi connectivity index (χ4n) is 1.68. The third-order valence-corrected chi connectivity index (χ3v) is 4.22. The third kappa shape index (κ3) is 5.72. The number of hydrogen-bond acceptors (Lipinski definition) is 4. The van der Waals surface area contributed by atoms with Gasteiger partial charge in [0.2, 0.25) is 0 Å². The lowest BCUT2D eigenvalue weighted by Crippen LogP contribution is -2.29. The highest BCUT2D eigenvalue weighted by atomic mass is 32.1. The lowest BCUT2D eigenvalue weighted by atomic mass is 10.3. The number of carbonyl (C=O) groups excluding carboxylic acids is 1. The van der Waals surface area contributed by atoms with Crippen LogP contribution in [0.2, 0.25) is 0 Å². The normalized spacial score (nSPS) is 11.0. The van der Waals surface area contributed by atoms with Gasteiger partial charge in [0.15, 0.2) is 0 Å². The van der Waals surface area contributed by atoms with Gasteiger partial charge in [-0.15, -0.1) is 11.3 Å². The summed E-state index contributed by atoms with van der Waals surface area (Å²) in [5.41, 5.74) is 1.19. The number of rotatable bonds is 8. The van der Waals surface area contributed by atoms with Crippen LogP contribution in [-0.4, -0.2) is 51.2 Å². The number of nitrogens with zero attached hydrogens (tertiary/aromatic N) is 1. The van der Waals surface area contributed by atoms with E-state index >= 15 is 0 Å². The summed E-state index contributed by atoms with van der Waals surface area (Å²) >= 11 is 1.56. The summed E-state index contributed by atoms with van der Waals surface area (Å²) in [4.78, 5) is 16.1. The summed E-state index contributed by atoms with van der Waals surface area (Å²) in [6.07, 6.45) is 0.954. The lowest BCUT2D eigenvalue weighted by molar-refractivity contribution is 0.0955. The van der Waals surface area contributed by atoms with Crippen LogP contribution < -0.4 is 5.32 Å². The Labute approximate surface area is 119 Å². The average molecular weight is 284 g/mol. The van der Waals surface area contributed by atoms with E-state index in [0.717, 1.165) is 31.0 Å². The molecule has 4 nitrogen and oxygen atoms in total. The summed E-state index contributed by atoms with van der Waals surface area (Å²) < 4.78 is 5.02. The van der Waals surface area contributed by atoms with E-state index in [1.165, 1.54) is 10.4 Å². The molecule has 0 spiro atoms. The van der Waals surface area contributed by atoms with Gasteiger partial charge in [-0.25, -0.2) is 0 Å². The van der Waals surface area contributed by atoms with Crippen molar-refractivity contribution in [2.24, 2.45) is 0 Å². The number of methoxy groups -OCH3 is 1. The maximum atomic E-state index is 11.9. The van der Waals surface area contributed by atoms with Crippen LogP contribution in [0.3, 0.4) is 0 Å². The fourth-order valence-corrected chi connectivity index (χ4v) is 2.63. The number of likely N-dealkylation sites (N-methyl/N-ethyl adjacent to an activating group) is 1. The van der Waals surface area contributed by atoms with Gasteiger partial charge in [0.05, 0.1) is 11.5 Å². The molecular weight excluding hydrogens is 260 g/mol. The molecule has 0 unspecified atom stereocenters. The number of aryl methyl sites for hydroxylation is 2. The molecule has 0 aliphatic heterocycles. The number of hydrogen-bond donors (Lipinski definition) is 1. The first-order chi connectivity index (χ1) is 9.04. The fraction of sp³-hybridized carbons (Fsp3) is 0.643. The van der Waals surface area contributed by atoms with Gasteiger partial charge >= 0.3 is 0 Å². The zero-order valence-corrected chi connectivity index (χ0v) is 13.1. The maximum Gasteiger partial charge on any atom is 0.261 e.